The zero-order chi connectivity index (χ0) is 5.84. The molecule has 3 aliphatic rings. The van der Waals surface area contributed by atoms with Crippen molar-refractivity contribution in [3.63, 3.8) is 0 Å². The van der Waals surface area contributed by atoms with Crippen molar-refractivity contribution < 1.29 is 0 Å². The molecule has 1 N–H and O–H groups in total. The van der Waals surface area contributed by atoms with Gasteiger partial charge in [0.1, 0.15) is 0 Å². The van der Waals surface area contributed by atoms with E-state index in [0.717, 1.165) is 23.8 Å². The van der Waals surface area contributed by atoms with Gasteiger partial charge in [0.05, 0.1) is 0 Å². The molecule has 1 aliphatic heterocycles. The number of hydrogen-bond acceptors (Lipinski definition) is 1. The molecule has 50 valence electrons. The average Bonchev–Trinajstić information content (AvgIpc) is 2.18. The Morgan fingerprint density at radius 2 is 2.00 bits per heavy atom. The third-order valence-corrected chi connectivity index (χ3v) is 3.68. The molecule has 3 fully saturated rings. The molecule has 2 aliphatic carbocycles. The molecule has 9 heavy (non-hydrogen) atoms. The van der Waals surface area contributed by atoms with Gasteiger partial charge >= 0.3 is 0 Å². The monoisotopic (exact) mass is 123 g/mol. The Balaban J connectivity index is 1.94. The predicted octanol–water partition coefficient (Wildman–Crippen LogP) is 1.00. The van der Waals surface area contributed by atoms with E-state index in [9.17, 15) is 0 Å². The highest BCUT2D eigenvalue weighted by Gasteiger charge is 2.51. The van der Waals surface area contributed by atoms with Gasteiger partial charge in [0, 0.05) is 6.04 Å². The fourth-order valence-electron chi connectivity index (χ4n) is 3.13. The first kappa shape index (κ1) is 4.73. The Bertz CT molecular complexity index is 124. The first-order chi connectivity index (χ1) is 4.45. The highest BCUT2D eigenvalue weighted by atomic mass is 15.0. The highest BCUT2D eigenvalue weighted by molar-refractivity contribution is 5.06. The van der Waals surface area contributed by atoms with Crippen molar-refractivity contribution in [3.05, 3.63) is 0 Å². The second-order valence-electron chi connectivity index (χ2n) is 3.93. The molecule has 0 aromatic rings. The maximum atomic E-state index is 3.54. The van der Waals surface area contributed by atoms with Crippen molar-refractivity contribution in [3.8, 4) is 0 Å². The fraction of sp³-hybridized carbons (Fsp3) is 1.00. The van der Waals surface area contributed by atoms with Crippen molar-refractivity contribution in [1.29, 1.82) is 0 Å². The molecular formula is C8H13N. The van der Waals surface area contributed by atoms with Gasteiger partial charge in [-0.15, -0.1) is 0 Å². The van der Waals surface area contributed by atoms with Crippen LogP contribution >= 0.6 is 0 Å². The van der Waals surface area contributed by atoms with Crippen LogP contribution in [0.4, 0.5) is 0 Å². The van der Waals surface area contributed by atoms with Crippen LogP contribution in [0.1, 0.15) is 19.3 Å². The number of fused-ring (bicyclic) bond motifs is 5. The van der Waals surface area contributed by atoms with Gasteiger partial charge in [-0.1, -0.05) is 0 Å². The summed E-state index contributed by atoms with van der Waals surface area (Å²) in [7, 11) is 0. The smallest absolute Gasteiger partial charge is 0.0139 e. The van der Waals surface area contributed by atoms with E-state index in [0.29, 0.717) is 0 Å². The third kappa shape index (κ3) is 0.420. The van der Waals surface area contributed by atoms with E-state index in [4.69, 9.17) is 0 Å². The van der Waals surface area contributed by atoms with E-state index in [1.54, 1.807) is 12.8 Å². The molecule has 4 atom stereocenters. The summed E-state index contributed by atoms with van der Waals surface area (Å²) in [4.78, 5) is 0. The zero-order valence-corrected chi connectivity index (χ0v) is 5.64. The molecule has 0 unspecified atom stereocenters. The summed E-state index contributed by atoms with van der Waals surface area (Å²) >= 11 is 0. The van der Waals surface area contributed by atoms with Gasteiger partial charge in [-0.3, -0.25) is 0 Å². The molecule has 1 nitrogen and oxygen atoms in total. The summed E-state index contributed by atoms with van der Waals surface area (Å²) in [5.41, 5.74) is 0. The molecular weight excluding hydrogens is 110 g/mol. The third-order valence-electron chi connectivity index (χ3n) is 3.68. The second kappa shape index (κ2) is 1.34. The normalized spacial score (nSPS) is 61.3. The van der Waals surface area contributed by atoms with E-state index in [1.807, 2.05) is 0 Å². The Morgan fingerprint density at radius 3 is 2.44 bits per heavy atom. The van der Waals surface area contributed by atoms with Crippen LogP contribution in [-0.2, 0) is 0 Å². The molecule has 0 spiro atoms. The topological polar surface area (TPSA) is 12.0 Å². The van der Waals surface area contributed by atoms with Gasteiger partial charge < -0.3 is 5.32 Å². The maximum Gasteiger partial charge on any atom is 0.0139 e. The lowest BCUT2D eigenvalue weighted by Gasteiger charge is -2.41. The van der Waals surface area contributed by atoms with Crippen molar-refractivity contribution in [2.45, 2.75) is 25.3 Å². The molecule has 2 bridgehead atoms. The quantitative estimate of drug-likeness (QED) is 0.507. The molecule has 2 saturated carbocycles. The molecule has 0 radical (unpaired) electrons. The summed E-state index contributed by atoms with van der Waals surface area (Å²) in [6.45, 7) is 1.34. The number of hydrogen-bond donors (Lipinski definition) is 1. The van der Waals surface area contributed by atoms with Crippen LogP contribution in [0.25, 0.3) is 0 Å². The van der Waals surface area contributed by atoms with Crippen molar-refractivity contribution in [2.75, 3.05) is 6.54 Å². The molecule has 3 rings (SSSR count). The maximum absolute atomic E-state index is 3.54. The molecule has 1 saturated heterocycles. The molecule has 0 aromatic carbocycles. The van der Waals surface area contributed by atoms with E-state index in [-0.39, 0.29) is 0 Å². The van der Waals surface area contributed by atoms with Gasteiger partial charge in [-0.2, -0.15) is 0 Å². The first-order valence-electron chi connectivity index (χ1n) is 4.18. The van der Waals surface area contributed by atoms with Gasteiger partial charge in [-0.05, 0) is 43.6 Å². The Kier molecular flexibility index (Phi) is 0.704. The minimum Gasteiger partial charge on any atom is -0.313 e. The van der Waals surface area contributed by atoms with Crippen molar-refractivity contribution in [1.82, 2.24) is 5.32 Å². The van der Waals surface area contributed by atoms with Gasteiger partial charge in [0.25, 0.3) is 0 Å². The summed E-state index contributed by atoms with van der Waals surface area (Å²) in [5.74, 6) is 3.35. The van der Waals surface area contributed by atoms with Crippen LogP contribution < -0.4 is 5.32 Å². The largest absolute Gasteiger partial charge is 0.313 e. The minimum atomic E-state index is 0.976. The van der Waals surface area contributed by atoms with Crippen LogP contribution in [0, 0.1) is 17.8 Å². The summed E-state index contributed by atoms with van der Waals surface area (Å²) in [6, 6.07) is 0.976. The van der Waals surface area contributed by atoms with E-state index >= 15 is 0 Å². The summed E-state index contributed by atoms with van der Waals surface area (Å²) in [5, 5.41) is 3.54. The van der Waals surface area contributed by atoms with Crippen LogP contribution in [-0.4, -0.2) is 12.6 Å². The average molecular weight is 123 g/mol. The summed E-state index contributed by atoms with van der Waals surface area (Å²) < 4.78 is 0. The second-order valence-corrected chi connectivity index (χ2v) is 3.93. The molecule has 0 aromatic heterocycles. The van der Waals surface area contributed by atoms with Gasteiger partial charge in [-0.25, -0.2) is 0 Å². The van der Waals surface area contributed by atoms with Crippen LogP contribution in [0.5, 0.6) is 0 Å². The molecule has 1 heteroatoms. The van der Waals surface area contributed by atoms with Gasteiger partial charge in [0.2, 0.25) is 0 Å². The van der Waals surface area contributed by atoms with Crippen molar-refractivity contribution >= 4 is 0 Å². The standard InChI is InChI=1S/C8H13N/c1-2-6-3-5(1)7-4-9-8(6)7/h5-9H,1-4H2/t5-,6-,7-,8+/m0/s1. The number of nitrogens with one attached hydrogen (secondary N) is 1. The van der Waals surface area contributed by atoms with Crippen LogP contribution in [0.15, 0.2) is 0 Å². The van der Waals surface area contributed by atoms with Crippen LogP contribution in [0.2, 0.25) is 0 Å². The van der Waals surface area contributed by atoms with Crippen LogP contribution in [0.3, 0.4) is 0 Å². The first-order valence-corrected chi connectivity index (χ1v) is 4.18. The van der Waals surface area contributed by atoms with Crippen molar-refractivity contribution in [2.24, 2.45) is 17.8 Å². The molecule has 1 heterocycles. The lowest BCUT2D eigenvalue weighted by molar-refractivity contribution is 0.153. The number of rotatable bonds is 0. The Hall–Kier alpha value is -0.0400. The van der Waals surface area contributed by atoms with E-state index in [2.05, 4.69) is 5.32 Å². The van der Waals surface area contributed by atoms with E-state index < -0.39 is 0 Å². The highest BCUT2D eigenvalue weighted by Crippen LogP contribution is 2.51. The van der Waals surface area contributed by atoms with E-state index in [1.165, 1.54) is 13.0 Å². The predicted molar refractivity (Wildman–Crippen MR) is 36.1 cm³/mol. The summed E-state index contributed by atoms with van der Waals surface area (Å²) in [6.07, 6.45) is 4.63. The lowest BCUT2D eigenvalue weighted by Crippen LogP contribution is -2.55. The Morgan fingerprint density at radius 1 is 1.11 bits per heavy atom. The fourth-order valence-corrected chi connectivity index (χ4v) is 3.13. The zero-order valence-electron chi connectivity index (χ0n) is 5.64. The van der Waals surface area contributed by atoms with Gasteiger partial charge in [0.15, 0.2) is 0 Å². The Labute approximate surface area is 55.8 Å². The lowest BCUT2D eigenvalue weighted by atomic mass is 9.79. The molecule has 0 amide bonds. The minimum absolute atomic E-state index is 0.976. The SMILES string of the molecule is C1C[C@H]2C[C@H]1[C@@H]1CN[C@H]21.